The van der Waals surface area contributed by atoms with Gasteiger partial charge < -0.3 is 5.73 Å². The van der Waals surface area contributed by atoms with Crippen molar-refractivity contribution in [3.05, 3.63) is 46.2 Å². The summed E-state index contributed by atoms with van der Waals surface area (Å²) in [6.07, 6.45) is 0. The van der Waals surface area contributed by atoms with E-state index in [0.717, 1.165) is 4.88 Å². The molecule has 3 N–H and O–H groups in total. The molecule has 0 fully saturated rings. The fourth-order valence-electron chi connectivity index (χ4n) is 1.52. The Morgan fingerprint density at radius 1 is 1.27 bits per heavy atom. The normalized spacial score (nSPS) is 10.2. The van der Waals surface area contributed by atoms with E-state index in [1.165, 1.54) is 16.0 Å². The number of nitrogens with two attached hydrogens (primary N) is 1. The van der Waals surface area contributed by atoms with Gasteiger partial charge in [0.25, 0.3) is 0 Å². The number of nitrogen functional groups attached to an aromatic ring is 1. The quantitative estimate of drug-likeness (QED) is 0.588. The van der Waals surface area contributed by atoms with Gasteiger partial charge in [-0.1, -0.05) is 30.3 Å². The first-order valence-electron chi connectivity index (χ1n) is 4.68. The Morgan fingerprint density at radius 2 is 1.93 bits per heavy atom. The topological polar surface area (TPSA) is 49.9 Å². The van der Waals surface area contributed by atoms with Gasteiger partial charge in [-0.3, -0.25) is 5.41 Å². The minimum absolute atomic E-state index is 0.144. The number of rotatable bonds is 2. The molecule has 2 nitrogen and oxygen atoms in total. The SMILES string of the molecule is Cc1sc(C(=N)N)cc1-c1ccccc1. The summed E-state index contributed by atoms with van der Waals surface area (Å²) >= 11 is 1.57. The minimum Gasteiger partial charge on any atom is -0.383 e. The number of hydrogen-bond acceptors (Lipinski definition) is 2. The van der Waals surface area contributed by atoms with Crippen LogP contribution in [0.1, 0.15) is 9.75 Å². The van der Waals surface area contributed by atoms with Gasteiger partial charge in [0.2, 0.25) is 0 Å². The predicted octanol–water partition coefficient (Wildman–Crippen LogP) is 3.01. The Bertz CT molecular complexity index is 486. The van der Waals surface area contributed by atoms with Crippen molar-refractivity contribution in [3.63, 3.8) is 0 Å². The second kappa shape index (κ2) is 3.87. The van der Waals surface area contributed by atoms with Gasteiger partial charge in [-0.15, -0.1) is 11.3 Å². The lowest BCUT2D eigenvalue weighted by Gasteiger charge is -1.97. The molecule has 0 saturated carbocycles. The van der Waals surface area contributed by atoms with E-state index in [-0.39, 0.29) is 5.84 Å². The van der Waals surface area contributed by atoms with Gasteiger partial charge in [0, 0.05) is 4.88 Å². The number of hydrogen-bond donors (Lipinski definition) is 2. The lowest BCUT2D eigenvalue weighted by Crippen LogP contribution is -2.08. The third kappa shape index (κ3) is 1.92. The van der Waals surface area contributed by atoms with Crippen molar-refractivity contribution in [2.45, 2.75) is 6.92 Å². The largest absolute Gasteiger partial charge is 0.383 e. The van der Waals surface area contributed by atoms with Gasteiger partial charge in [0.1, 0.15) is 5.84 Å². The number of amidine groups is 1. The van der Waals surface area contributed by atoms with Crippen LogP contribution in [0, 0.1) is 12.3 Å². The highest BCUT2D eigenvalue weighted by Gasteiger charge is 2.08. The summed E-state index contributed by atoms with van der Waals surface area (Å²) in [5.41, 5.74) is 7.82. The molecule has 1 heterocycles. The Kier molecular flexibility index (Phi) is 2.56. The van der Waals surface area contributed by atoms with Crippen LogP contribution in [0.3, 0.4) is 0 Å². The molecule has 0 saturated heterocycles. The molecule has 1 aromatic heterocycles. The summed E-state index contributed by atoms with van der Waals surface area (Å²) in [6, 6.07) is 12.1. The average Bonchev–Trinajstić information content (AvgIpc) is 2.62. The van der Waals surface area contributed by atoms with Crippen molar-refractivity contribution in [1.82, 2.24) is 0 Å². The summed E-state index contributed by atoms with van der Waals surface area (Å²) in [5, 5.41) is 7.40. The molecule has 0 aliphatic carbocycles. The van der Waals surface area contributed by atoms with Crippen LogP contribution in [0.5, 0.6) is 0 Å². The van der Waals surface area contributed by atoms with Crippen LogP contribution >= 0.6 is 11.3 Å². The van der Waals surface area contributed by atoms with E-state index in [1.807, 2.05) is 24.3 Å². The zero-order valence-corrected chi connectivity index (χ0v) is 9.27. The molecule has 0 amide bonds. The van der Waals surface area contributed by atoms with Crippen molar-refractivity contribution in [2.24, 2.45) is 5.73 Å². The Labute approximate surface area is 92.9 Å². The first-order valence-corrected chi connectivity index (χ1v) is 5.50. The summed E-state index contributed by atoms with van der Waals surface area (Å²) in [4.78, 5) is 2.04. The molecule has 0 unspecified atom stereocenters. The van der Waals surface area contributed by atoms with Crippen LogP contribution in [-0.4, -0.2) is 5.84 Å². The van der Waals surface area contributed by atoms with Gasteiger partial charge in [-0.05, 0) is 24.1 Å². The Morgan fingerprint density at radius 3 is 2.47 bits per heavy atom. The molecule has 15 heavy (non-hydrogen) atoms. The fourth-order valence-corrected chi connectivity index (χ4v) is 2.42. The summed E-state index contributed by atoms with van der Waals surface area (Å²) in [7, 11) is 0. The summed E-state index contributed by atoms with van der Waals surface area (Å²) in [6.45, 7) is 2.06. The fraction of sp³-hybridized carbons (Fsp3) is 0.0833. The molecule has 2 rings (SSSR count). The van der Waals surface area contributed by atoms with Gasteiger partial charge in [0.05, 0.1) is 4.88 Å². The molecule has 0 atom stereocenters. The predicted molar refractivity (Wildman–Crippen MR) is 65.5 cm³/mol. The van der Waals surface area contributed by atoms with Crippen LogP contribution in [0.4, 0.5) is 0 Å². The zero-order valence-electron chi connectivity index (χ0n) is 8.45. The second-order valence-corrected chi connectivity index (χ2v) is 4.62. The molecule has 0 aliphatic rings. The lowest BCUT2D eigenvalue weighted by molar-refractivity contribution is 1.45. The van der Waals surface area contributed by atoms with Gasteiger partial charge in [0.15, 0.2) is 0 Å². The zero-order chi connectivity index (χ0) is 10.8. The van der Waals surface area contributed by atoms with Crippen LogP contribution in [0.2, 0.25) is 0 Å². The molecular formula is C12H12N2S. The van der Waals surface area contributed by atoms with Crippen molar-refractivity contribution in [2.75, 3.05) is 0 Å². The van der Waals surface area contributed by atoms with E-state index in [2.05, 4.69) is 19.1 Å². The maximum Gasteiger partial charge on any atom is 0.133 e. The van der Waals surface area contributed by atoms with Crippen LogP contribution < -0.4 is 5.73 Å². The molecule has 0 spiro atoms. The van der Waals surface area contributed by atoms with E-state index in [0.29, 0.717) is 0 Å². The van der Waals surface area contributed by atoms with E-state index in [1.54, 1.807) is 11.3 Å². The third-order valence-electron chi connectivity index (χ3n) is 2.27. The van der Waals surface area contributed by atoms with E-state index in [9.17, 15) is 0 Å². The van der Waals surface area contributed by atoms with Crippen molar-refractivity contribution >= 4 is 17.2 Å². The highest BCUT2D eigenvalue weighted by Crippen LogP contribution is 2.30. The molecular weight excluding hydrogens is 204 g/mol. The first-order chi connectivity index (χ1) is 7.18. The van der Waals surface area contributed by atoms with Crippen LogP contribution in [-0.2, 0) is 0 Å². The number of nitrogens with one attached hydrogen (secondary N) is 1. The van der Waals surface area contributed by atoms with Crippen molar-refractivity contribution < 1.29 is 0 Å². The average molecular weight is 216 g/mol. The molecule has 0 aliphatic heterocycles. The van der Waals surface area contributed by atoms with Crippen molar-refractivity contribution in [1.29, 1.82) is 5.41 Å². The van der Waals surface area contributed by atoms with E-state index in [4.69, 9.17) is 11.1 Å². The highest BCUT2D eigenvalue weighted by molar-refractivity contribution is 7.14. The standard InChI is InChI=1S/C12H12N2S/c1-8-10(7-11(15-8)12(13)14)9-5-3-2-4-6-9/h2-7H,1H3,(H3,13,14). The lowest BCUT2D eigenvalue weighted by atomic mass is 10.1. The third-order valence-corrected chi connectivity index (χ3v) is 3.35. The van der Waals surface area contributed by atoms with E-state index < -0.39 is 0 Å². The van der Waals surface area contributed by atoms with Gasteiger partial charge >= 0.3 is 0 Å². The van der Waals surface area contributed by atoms with Gasteiger partial charge in [-0.2, -0.15) is 0 Å². The number of benzene rings is 1. The second-order valence-electron chi connectivity index (χ2n) is 3.36. The number of aryl methyl sites for hydroxylation is 1. The maximum absolute atomic E-state index is 7.40. The van der Waals surface area contributed by atoms with Gasteiger partial charge in [-0.25, -0.2) is 0 Å². The minimum atomic E-state index is 0.144. The summed E-state index contributed by atoms with van der Waals surface area (Å²) < 4.78 is 0. The first kappa shape index (κ1) is 9.93. The molecule has 0 radical (unpaired) electrons. The van der Waals surface area contributed by atoms with Crippen LogP contribution in [0.15, 0.2) is 36.4 Å². The smallest absolute Gasteiger partial charge is 0.133 e. The van der Waals surface area contributed by atoms with Crippen molar-refractivity contribution in [3.8, 4) is 11.1 Å². The monoisotopic (exact) mass is 216 g/mol. The maximum atomic E-state index is 7.40. The van der Waals surface area contributed by atoms with Crippen LogP contribution in [0.25, 0.3) is 11.1 Å². The Hall–Kier alpha value is -1.61. The van der Waals surface area contributed by atoms with E-state index >= 15 is 0 Å². The highest BCUT2D eigenvalue weighted by atomic mass is 32.1. The molecule has 76 valence electrons. The molecule has 3 heteroatoms. The molecule has 2 aromatic rings. The summed E-state index contributed by atoms with van der Waals surface area (Å²) in [5.74, 6) is 0.144. The molecule has 1 aromatic carbocycles. The Balaban J connectivity index is 2.50. The molecule has 0 bridgehead atoms. The number of thiophene rings is 1.